The van der Waals surface area contributed by atoms with Gasteiger partial charge in [0.2, 0.25) is 11.8 Å². The molecule has 3 nitrogen and oxygen atoms in total. The monoisotopic (exact) mass is 453 g/mol. The normalized spacial score (nSPS) is 17.1. The molecule has 0 bridgehead atoms. The molecule has 0 unspecified atom stereocenters. The SMILES string of the molecule is CCCCCCCCCCCCS[C@@H]1CC(=O)N(c2ccc(Br)cc2)C1=O. The Balaban J connectivity index is 1.58. The molecule has 2 amide bonds. The van der Waals surface area contributed by atoms with Crippen LogP contribution < -0.4 is 4.90 Å². The number of nitrogens with zero attached hydrogens (tertiary/aromatic N) is 1. The van der Waals surface area contributed by atoms with E-state index in [4.69, 9.17) is 0 Å². The zero-order chi connectivity index (χ0) is 19.5. The largest absolute Gasteiger partial charge is 0.274 e. The first kappa shape index (κ1) is 22.5. The van der Waals surface area contributed by atoms with Crippen molar-refractivity contribution in [1.82, 2.24) is 0 Å². The molecule has 1 saturated heterocycles. The highest BCUT2D eigenvalue weighted by atomic mass is 79.9. The summed E-state index contributed by atoms with van der Waals surface area (Å²) in [5, 5.41) is -0.209. The molecule has 0 radical (unpaired) electrons. The van der Waals surface area contributed by atoms with Crippen LogP contribution in [0.15, 0.2) is 28.7 Å². The average molecular weight is 454 g/mol. The first-order valence-corrected chi connectivity index (χ1v) is 12.2. The van der Waals surface area contributed by atoms with Crippen molar-refractivity contribution in [2.45, 2.75) is 82.8 Å². The van der Waals surface area contributed by atoms with Crippen LogP contribution in [0.1, 0.15) is 77.6 Å². The standard InChI is InChI=1S/C22H32BrNO2S/c1-2-3-4-5-6-7-8-9-10-11-16-27-20-17-21(25)24(22(20)26)19-14-12-18(23)13-15-19/h12-15,20H,2-11,16-17H2,1H3/t20-/m1/s1. The van der Waals surface area contributed by atoms with Crippen molar-refractivity contribution in [3.05, 3.63) is 28.7 Å². The van der Waals surface area contributed by atoms with E-state index in [1.807, 2.05) is 24.3 Å². The van der Waals surface area contributed by atoms with Crippen LogP contribution in [-0.4, -0.2) is 22.8 Å². The van der Waals surface area contributed by atoms with Crippen LogP contribution in [0.4, 0.5) is 5.69 Å². The van der Waals surface area contributed by atoms with Crippen molar-refractivity contribution in [3.63, 3.8) is 0 Å². The number of hydrogen-bond acceptors (Lipinski definition) is 3. The number of carbonyl (C=O) groups is 2. The third kappa shape index (κ3) is 7.61. The summed E-state index contributed by atoms with van der Waals surface area (Å²) < 4.78 is 0.942. The second-order valence-electron chi connectivity index (χ2n) is 7.29. The Morgan fingerprint density at radius 1 is 0.926 bits per heavy atom. The molecule has 0 N–H and O–H groups in total. The maximum absolute atomic E-state index is 12.6. The highest BCUT2D eigenvalue weighted by molar-refractivity contribution is 9.10. The maximum atomic E-state index is 12.6. The van der Waals surface area contributed by atoms with Crippen LogP contribution in [0, 0.1) is 0 Å². The topological polar surface area (TPSA) is 37.4 Å². The van der Waals surface area contributed by atoms with Gasteiger partial charge in [0.15, 0.2) is 0 Å². The van der Waals surface area contributed by atoms with Gasteiger partial charge in [-0.3, -0.25) is 9.59 Å². The molecule has 0 spiro atoms. The molecule has 5 heteroatoms. The third-order valence-corrected chi connectivity index (χ3v) is 6.83. The number of halogens is 1. The van der Waals surface area contributed by atoms with Gasteiger partial charge < -0.3 is 0 Å². The third-order valence-electron chi connectivity index (χ3n) is 5.01. The lowest BCUT2D eigenvalue weighted by atomic mass is 10.1. The van der Waals surface area contributed by atoms with Crippen LogP contribution in [0.3, 0.4) is 0 Å². The Morgan fingerprint density at radius 3 is 2.07 bits per heavy atom. The average Bonchev–Trinajstić information content (AvgIpc) is 2.94. The van der Waals surface area contributed by atoms with Crippen LogP contribution in [0.5, 0.6) is 0 Å². The molecule has 1 atom stereocenters. The minimum absolute atomic E-state index is 0.0561. The van der Waals surface area contributed by atoms with E-state index in [2.05, 4.69) is 22.9 Å². The van der Waals surface area contributed by atoms with E-state index in [1.54, 1.807) is 11.8 Å². The van der Waals surface area contributed by atoms with E-state index in [0.717, 1.165) is 16.6 Å². The van der Waals surface area contributed by atoms with Crippen molar-refractivity contribution in [2.24, 2.45) is 0 Å². The summed E-state index contributed by atoms with van der Waals surface area (Å²) in [4.78, 5) is 26.2. The van der Waals surface area contributed by atoms with E-state index in [0.29, 0.717) is 12.1 Å². The number of benzene rings is 1. The van der Waals surface area contributed by atoms with Gasteiger partial charge in [-0.05, 0) is 36.4 Å². The predicted octanol–water partition coefficient (Wildman–Crippen LogP) is 6.74. The van der Waals surface area contributed by atoms with Gasteiger partial charge in [-0.25, -0.2) is 4.90 Å². The number of anilines is 1. The molecule has 0 aromatic heterocycles. The number of hydrogen-bond donors (Lipinski definition) is 0. The van der Waals surface area contributed by atoms with E-state index < -0.39 is 0 Å². The molecular weight excluding hydrogens is 422 g/mol. The van der Waals surface area contributed by atoms with E-state index >= 15 is 0 Å². The fourth-order valence-electron chi connectivity index (χ4n) is 3.41. The summed E-state index contributed by atoms with van der Waals surface area (Å²) in [6, 6.07) is 7.35. The molecule has 1 aliphatic heterocycles. The van der Waals surface area contributed by atoms with Crippen molar-refractivity contribution >= 4 is 45.2 Å². The molecule has 1 aromatic rings. The molecule has 150 valence electrons. The molecule has 0 saturated carbocycles. The van der Waals surface area contributed by atoms with Crippen LogP contribution in [-0.2, 0) is 9.59 Å². The Hall–Kier alpha value is -0.810. The number of thioether (sulfide) groups is 1. The molecule has 1 aliphatic rings. The van der Waals surface area contributed by atoms with Crippen LogP contribution >= 0.6 is 27.7 Å². The minimum atomic E-state index is -0.209. The van der Waals surface area contributed by atoms with Crippen molar-refractivity contribution in [3.8, 4) is 0 Å². The maximum Gasteiger partial charge on any atom is 0.247 e. The molecule has 0 aliphatic carbocycles. The van der Waals surface area contributed by atoms with Crippen LogP contribution in [0.25, 0.3) is 0 Å². The van der Waals surface area contributed by atoms with Crippen LogP contribution in [0.2, 0.25) is 0 Å². The Kier molecular flexibility index (Phi) is 10.5. The molecule has 1 heterocycles. The minimum Gasteiger partial charge on any atom is -0.274 e. The second kappa shape index (κ2) is 12.6. The predicted molar refractivity (Wildman–Crippen MR) is 119 cm³/mol. The highest BCUT2D eigenvalue weighted by Gasteiger charge is 2.39. The molecular formula is C22H32BrNO2S. The number of amides is 2. The number of rotatable bonds is 13. The van der Waals surface area contributed by atoms with Gasteiger partial charge in [0, 0.05) is 10.9 Å². The Morgan fingerprint density at radius 2 is 1.48 bits per heavy atom. The van der Waals surface area contributed by atoms with Crippen molar-refractivity contribution in [1.29, 1.82) is 0 Å². The van der Waals surface area contributed by atoms with E-state index in [1.165, 1.54) is 62.7 Å². The summed E-state index contributed by atoms with van der Waals surface area (Å²) in [6.07, 6.45) is 13.5. The lowest BCUT2D eigenvalue weighted by Gasteiger charge is -2.15. The fourth-order valence-corrected chi connectivity index (χ4v) is 4.84. The van der Waals surface area contributed by atoms with E-state index in [9.17, 15) is 9.59 Å². The zero-order valence-electron chi connectivity index (χ0n) is 16.4. The van der Waals surface area contributed by atoms with Gasteiger partial charge in [-0.1, -0.05) is 80.6 Å². The summed E-state index contributed by atoms with van der Waals surface area (Å²) in [5.41, 5.74) is 0.676. The smallest absolute Gasteiger partial charge is 0.247 e. The zero-order valence-corrected chi connectivity index (χ0v) is 18.8. The Bertz CT molecular complexity index is 590. The van der Waals surface area contributed by atoms with Gasteiger partial charge in [0.25, 0.3) is 0 Å². The van der Waals surface area contributed by atoms with Crippen molar-refractivity contribution < 1.29 is 9.59 Å². The van der Waals surface area contributed by atoms with E-state index in [-0.39, 0.29) is 17.1 Å². The summed E-state index contributed by atoms with van der Waals surface area (Å²) in [7, 11) is 0. The summed E-state index contributed by atoms with van der Waals surface area (Å²) in [5.74, 6) is 0.830. The number of unbranched alkanes of at least 4 members (excludes halogenated alkanes) is 9. The first-order valence-electron chi connectivity index (χ1n) is 10.4. The summed E-state index contributed by atoms with van der Waals surface area (Å²) in [6.45, 7) is 2.26. The summed E-state index contributed by atoms with van der Waals surface area (Å²) >= 11 is 5.04. The van der Waals surface area contributed by atoms with Gasteiger partial charge in [0.1, 0.15) is 0 Å². The van der Waals surface area contributed by atoms with Gasteiger partial charge in [0.05, 0.1) is 10.9 Å². The highest BCUT2D eigenvalue weighted by Crippen LogP contribution is 2.31. The van der Waals surface area contributed by atoms with Gasteiger partial charge >= 0.3 is 0 Å². The number of imide groups is 1. The lowest BCUT2D eigenvalue weighted by molar-refractivity contribution is -0.121. The molecule has 27 heavy (non-hydrogen) atoms. The van der Waals surface area contributed by atoms with Gasteiger partial charge in [-0.2, -0.15) is 0 Å². The molecule has 2 rings (SSSR count). The lowest BCUT2D eigenvalue weighted by Crippen LogP contribution is -2.31. The number of carbonyl (C=O) groups excluding carboxylic acids is 2. The van der Waals surface area contributed by atoms with Gasteiger partial charge in [-0.15, -0.1) is 11.8 Å². The Labute approximate surface area is 176 Å². The molecule has 1 aromatic carbocycles. The second-order valence-corrected chi connectivity index (χ2v) is 9.52. The van der Waals surface area contributed by atoms with Crippen molar-refractivity contribution in [2.75, 3.05) is 10.7 Å². The first-order chi connectivity index (χ1) is 13.1. The fraction of sp³-hybridized carbons (Fsp3) is 0.636. The quantitative estimate of drug-likeness (QED) is 0.245. The molecule has 1 fully saturated rings.